The molecule has 0 amide bonds. The van der Waals surface area contributed by atoms with Crippen molar-refractivity contribution in [3.8, 4) is 11.5 Å². The molecule has 1 aromatic carbocycles. The molecular weight excluding hydrogens is 222 g/mol. The number of hydrogen-bond donors (Lipinski definition) is 2. The highest BCUT2D eigenvalue weighted by Gasteiger charge is 2.21. The molecule has 1 atom stereocenters. The van der Waals surface area contributed by atoms with Gasteiger partial charge in [-0.05, 0) is 12.1 Å². The second-order valence-electron chi connectivity index (χ2n) is 3.85. The molecule has 0 spiro atoms. The number of aldehydes is 1. The van der Waals surface area contributed by atoms with Crippen LogP contribution in [-0.4, -0.2) is 38.3 Å². The van der Waals surface area contributed by atoms with Crippen molar-refractivity contribution in [3.05, 3.63) is 23.3 Å². The largest absolute Gasteiger partial charge is 0.507 e. The van der Waals surface area contributed by atoms with Crippen molar-refractivity contribution in [2.75, 3.05) is 26.9 Å². The smallest absolute Gasteiger partial charge is 0.153 e. The van der Waals surface area contributed by atoms with Crippen molar-refractivity contribution >= 4 is 6.29 Å². The van der Waals surface area contributed by atoms with Gasteiger partial charge in [-0.2, -0.15) is 0 Å². The molecule has 0 aliphatic carbocycles. The average Bonchev–Trinajstić information content (AvgIpc) is 2.40. The molecule has 0 bridgehead atoms. The molecule has 1 unspecified atom stereocenters. The molecule has 1 aliphatic heterocycles. The fourth-order valence-corrected chi connectivity index (χ4v) is 1.89. The van der Waals surface area contributed by atoms with Gasteiger partial charge < -0.3 is 19.9 Å². The third kappa shape index (κ3) is 2.40. The summed E-state index contributed by atoms with van der Waals surface area (Å²) in [6, 6.07) is 3.11. The van der Waals surface area contributed by atoms with Crippen LogP contribution in [0.1, 0.15) is 22.0 Å². The lowest BCUT2D eigenvalue weighted by Crippen LogP contribution is -2.34. The van der Waals surface area contributed by atoms with Gasteiger partial charge in [-0.3, -0.25) is 4.79 Å². The van der Waals surface area contributed by atoms with Crippen molar-refractivity contribution in [2.45, 2.75) is 6.04 Å². The standard InChI is InChI=1S/C12H15NO4/c1-16-9-4-8(6-14)12(15)10(5-9)11-7-17-3-2-13-11/h4-6,11,13,15H,2-3,7H2,1H3. The Balaban J connectivity index is 2.39. The maximum atomic E-state index is 10.9. The molecule has 0 radical (unpaired) electrons. The zero-order chi connectivity index (χ0) is 12.3. The Hall–Kier alpha value is -1.59. The number of carbonyl (C=O) groups excluding carboxylic acids is 1. The summed E-state index contributed by atoms with van der Waals surface area (Å²) in [5.41, 5.74) is 0.859. The van der Waals surface area contributed by atoms with E-state index in [2.05, 4.69) is 5.32 Å². The fraction of sp³-hybridized carbons (Fsp3) is 0.417. The highest BCUT2D eigenvalue weighted by molar-refractivity contribution is 5.81. The quantitative estimate of drug-likeness (QED) is 0.764. The topological polar surface area (TPSA) is 67.8 Å². The lowest BCUT2D eigenvalue weighted by atomic mass is 10.0. The van der Waals surface area contributed by atoms with E-state index >= 15 is 0 Å². The molecule has 2 rings (SSSR count). The number of benzene rings is 1. The van der Waals surface area contributed by atoms with E-state index in [0.717, 1.165) is 6.54 Å². The minimum absolute atomic E-state index is 0.0104. The van der Waals surface area contributed by atoms with Gasteiger partial charge in [0.2, 0.25) is 0 Å². The van der Waals surface area contributed by atoms with Crippen LogP contribution in [-0.2, 0) is 4.74 Å². The third-order valence-electron chi connectivity index (χ3n) is 2.80. The zero-order valence-electron chi connectivity index (χ0n) is 9.60. The van der Waals surface area contributed by atoms with Crippen LogP contribution in [0.4, 0.5) is 0 Å². The second-order valence-corrected chi connectivity index (χ2v) is 3.85. The molecule has 17 heavy (non-hydrogen) atoms. The number of methoxy groups -OCH3 is 1. The maximum Gasteiger partial charge on any atom is 0.153 e. The van der Waals surface area contributed by atoms with E-state index in [1.807, 2.05) is 0 Å². The van der Waals surface area contributed by atoms with Crippen LogP contribution in [0.2, 0.25) is 0 Å². The number of rotatable bonds is 3. The Labute approximate surface area is 99.3 Å². The molecule has 0 aromatic heterocycles. The number of phenolic OH excluding ortho intramolecular Hbond substituents is 1. The van der Waals surface area contributed by atoms with Crippen LogP contribution >= 0.6 is 0 Å². The molecule has 1 aromatic rings. The summed E-state index contributed by atoms with van der Waals surface area (Å²) in [5, 5.41) is 13.2. The Morgan fingerprint density at radius 1 is 1.59 bits per heavy atom. The number of aromatic hydroxyl groups is 1. The highest BCUT2D eigenvalue weighted by Crippen LogP contribution is 2.32. The van der Waals surface area contributed by atoms with Crippen molar-refractivity contribution in [3.63, 3.8) is 0 Å². The molecule has 1 saturated heterocycles. The Morgan fingerprint density at radius 2 is 2.41 bits per heavy atom. The van der Waals surface area contributed by atoms with Crippen LogP contribution in [0.15, 0.2) is 12.1 Å². The predicted molar refractivity (Wildman–Crippen MR) is 61.6 cm³/mol. The first-order valence-electron chi connectivity index (χ1n) is 5.43. The molecular formula is C12H15NO4. The highest BCUT2D eigenvalue weighted by atomic mass is 16.5. The van der Waals surface area contributed by atoms with Gasteiger partial charge >= 0.3 is 0 Å². The predicted octanol–water partition coefficient (Wildman–Crippen LogP) is 0.874. The number of morpholine rings is 1. The van der Waals surface area contributed by atoms with Crippen LogP contribution in [0, 0.1) is 0 Å². The molecule has 92 valence electrons. The van der Waals surface area contributed by atoms with Gasteiger partial charge in [0.25, 0.3) is 0 Å². The van der Waals surface area contributed by atoms with Crippen molar-refractivity contribution in [1.29, 1.82) is 0 Å². The van der Waals surface area contributed by atoms with Crippen molar-refractivity contribution in [1.82, 2.24) is 5.32 Å². The van der Waals surface area contributed by atoms with E-state index in [1.165, 1.54) is 13.2 Å². The summed E-state index contributed by atoms with van der Waals surface area (Å²) in [7, 11) is 1.52. The van der Waals surface area contributed by atoms with Crippen LogP contribution in [0.5, 0.6) is 11.5 Å². The van der Waals surface area contributed by atoms with E-state index in [-0.39, 0.29) is 17.4 Å². The average molecular weight is 237 g/mol. The van der Waals surface area contributed by atoms with E-state index in [0.29, 0.717) is 30.8 Å². The lowest BCUT2D eigenvalue weighted by molar-refractivity contribution is 0.0759. The first kappa shape index (κ1) is 11.9. The molecule has 1 heterocycles. The maximum absolute atomic E-state index is 10.9. The van der Waals surface area contributed by atoms with E-state index in [4.69, 9.17) is 9.47 Å². The molecule has 2 N–H and O–H groups in total. The lowest BCUT2D eigenvalue weighted by Gasteiger charge is -2.25. The first-order valence-corrected chi connectivity index (χ1v) is 5.43. The summed E-state index contributed by atoms with van der Waals surface area (Å²) in [4.78, 5) is 10.9. The van der Waals surface area contributed by atoms with Crippen LogP contribution in [0.3, 0.4) is 0 Å². The molecule has 5 heteroatoms. The summed E-state index contributed by atoms with van der Waals surface area (Å²) in [6.07, 6.45) is 0.616. The van der Waals surface area contributed by atoms with Gasteiger partial charge in [0.05, 0.1) is 31.9 Å². The SMILES string of the molecule is COc1cc(C=O)c(O)c(C2COCCN2)c1. The molecule has 5 nitrogen and oxygen atoms in total. The Morgan fingerprint density at radius 3 is 3.00 bits per heavy atom. The number of phenols is 1. The zero-order valence-corrected chi connectivity index (χ0v) is 9.60. The molecule has 1 aliphatic rings. The van der Waals surface area contributed by atoms with Gasteiger partial charge in [-0.1, -0.05) is 0 Å². The third-order valence-corrected chi connectivity index (χ3v) is 2.80. The van der Waals surface area contributed by atoms with Gasteiger partial charge in [-0.15, -0.1) is 0 Å². The number of hydrogen-bond acceptors (Lipinski definition) is 5. The molecule has 0 saturated carbocycles. The fourth-order valence-electron chi connectivity index (χ4n) is 1.89. The van der Waals surface area contributed by atoms with E-state index < -0.39 is 0 Å². The summed E-state index contributed by atoms with van der Waals surface area (Å²) in [6.45, 7) is 1.85. The number of carbonyl (C=O) groups is 1. The van der Waals surface area contributed by atoms with Gasteiger partial charge in [0, 0.05) is 12.1 Å². The number of nitrogens with one attached hydrogen (secondary N) is 1. The van der Waals surface area contributed by atoms with Gasteiger partial charge in [-0.25, -0.2) is 0 Å². The van der Waals surface area contributed by atoms with E-state index in [1.54, 1.807) is 6.07 Å². The van der Waals surface area contributed by atoms with Crippen LogP contribution in [0.25, 0.3) is 0 Å². The summed E-state index contributed by atoms with van der Waals surface area (Å²) in [5.74, 6) is 0.538. The van der Waals surface area contributed by atoms with Crippen molar-refractivity contribution < 1.29 is 19.4 Å². The number of ether oxygens (including phenoxy) is 2. The monoisotopic (exact) mass is 237 g/mol. The van der Waals surface area contributed by atoms with Crippen molar-refractivity contribution in [2.24, 2.45) is 0 Å². The minimum atomic E-state index is -0.113. The van der Waals surface area contributed by atoms with Crippen LogP contribution < -0.4 is 10.1 Å². The van der Waals surface area contributed by atoms with E-state index in [9.17, 15) is 9.90 Å². The second kappa shape index (κ2) is 5.16. The Kier molecular flexibility index (Phi) is 3.61. The normalized spacial score (nSPS) is 19.9. The molecule has 1 fully saturated rings. The van der Waals surface area contributed by atoms with Gasteiger partial charge in [0.1, 0.15) is 11.5 Å². The minimum Gasteiger partial charge on any atom is -0.507 e. The van der Waals surface area contributed by atoms with Gasteiger partial charge in [0.15, 0.2) is 6.29 Å². The summed E-state index contributed by atoms with van der Waals surface area (Å²) < 4.78 is 10.4. The Bertz CT molecular complexity index is 413. The first-order chi connectivity index (χ1) is 8.26. The summed E-state index contributed by atoms with van der Waals surface area (Å²) >= 11 is 0.